The molecule has 0 amide bonds. The Morgan fingerprint density at radius 3 is 2.63 bits per heavy atom. The highest BCUT2D eigenvalue weighted by molar-refractivity contribution is 5.89. The van der Waals surface area contributed by atoms with Gasteiger partial charge in [-0.15, -0.1) is 0 Å². The van der Waals surface area contributed by atoms with Gasteiger partial charge in [-0.25, -0.2) is 4.79 Å². The van der Waals surface area contributed by atoms with Crippen molar-refractivity contribution in [3.8, 4) is 0 Å². The van der Waals surface area contributed by atoms with Gasteiger partial charge in [0.05, 0.1) is 12.7 Å². The molecule has 19 heavy (non-hydrogen) atoms. The van der Waals surface area contributed by atoms with E-state index in [1.54, 1.807) is 12.1 Å². The molecule has 0 atom stereocenters. The summed E-state index contributed by atoms with van der Waals surface area (Å²) in [6, 6.07) is 7.37. The van der Waals surface area contributed by atoms with Gasteiger partial charge in [0, 0.05) is 45.0 Å². The van der Waals surface area contributed by atoms with Crippen molar-refractivity contribution in [3.63, 3.8) is 0 Å². The molecule has 0 radical (unpaired) electrons. The summed E-state index contributed by atoms with van der Waals surface area (Å²) in [5.41, 5.74) is 1.61. The van der Waals surface area contributed by atoms with Crippen LogP contribution in [0, 0.1) is 0 Å². The Morgan fingerprint density at radius 2 is 2.00 bits per heavy atom. The zero-order valence-corrected chi connectivity index (χ0v) is 11.3. The number of carbonyl (C=O) groups excluding carboxylic acids is 1. The largest absolute Gasteiger partial charge is 0.465 e. The summed E-state index contributed by atoms with van der Waals surface area (Å²) in [5, 5.41) is 6.70. The molecule has 5 heteroatoms. The van der Waals surface area contributed by atoms with Gasteiger partial charge in [-0.1, -0.05) is 0 Å². The predicted molar refractivity (Wildman–Crippen MR) is 75.6 cm³/mol. The molecule has 2 rings (SSSR count). The van der Waals surface area contributed by atoms with E-state index in [1.807, 2.05) is 12.1 Å². The van der Waals surface area contributed by atoms with E-state index in [-0.39, 0.29) is 5.97 Å². The highest BCUT2D eigenvalue weighted by Gasteiger charge is 2.08. The number of benzene rings is 1. The SMILES string of the molecule is COC(=O)c1ccc(NCCN2CCNCC2)cc1. The van der Waals surface area contributed by atoms with E-state index in [9.17, 15) is 4.79 Å². The Morgan fingerprint density at radius 1 is 1.32 bits per heavy atom. The first-order valence-corrected chi connectivity index (χ1v) is 6.65. The van der Waals surface area contributed by atoms with E-state index in [1.165, 1.54) is 7.11 Å². The molecule has 1 aromatic rings. The highest BCUT2D eigenvalue weighted by Crippen LogP contribution is 2.10. The van der Waals surface area contributed by atoms with Gasteiger partial charge in [-0.2, -0.15) is 0 Å². The minimum Gasteiger partial charge on any atom is -0.465 e. The van der Waals surface area contributed by atoms with Crippen LogP contribution in [-0.2, 0) is 4.74 Å². The molecule has 0 aromatic heterocycles. The van der Waals surface area contributed by atoms with Gasteiger partial charge in [0.25, 0.3) is 0 Å². The van der Waals surface area contributed by atoms with Crippen molar-refractivity contribution in [2.45, 2.75) is 0 Å². The maximum absolute atomic E-state index is 11.3. The molecule has 5 nitrogen and oxygen atoms in total. The number of nitrogens with one attached hydrogen (secondary N) is 2. The molecule has 104 valence electrons. The van der Waals surface area contributed by atoms with Crippen molar-refractivity contribution in [2.24, 2.45) is 0 Å². The minimum atomic E-state index is -0.299. The number of ether oxygens (including phenoxy) is 1. The molecule has 1 aliphatic rings. The van der Waals surface area contributed by atoms with Crippen LogP contribution in [0.2, 0.25) is 0 Å². The summed E-state index contributed by atoms with van der Waals surface area (Å²) in [7, 11) is 1.39. The summed E-state index contributed by atoms with van der Waals surface area (Å²) in [4.78, 5) is 13.7. The normalized spacial score (nSPS) is 16.1. The summed E-state index contributed by atoms with van der Waals surface area (Å²) < 4.78 is 4.66. The summed E-state index contributed by atoms with van der Waals surface area (Å²) in [6.45, 7) is 6.34. The maximum atomic E-state index is 11.3. The fraction of sp³-hybridized carbons (Fsp3) is 0.500. The molecular weight excluding hydrogens is 242 g/mol. The molecule has 0 saturated carbocycles. The van der Waals surface area contributed by atoms with Crippen molar-refractivity contribution >= 4 is 11.7 Å². The summed E-state index contributed by atoms with van der Waals surface area (Å²) in [6.07, 6.45) is 0. The van der Waals surface area contributed by atoms with E-state index in [0.29, 0.717) is 5.56 Å². The summed E-state index contributed by atoms with van der Waals surface area (Å²) in [5.74, 6) is -0.299. The molecule has 1 saturated heterocycles. The van der Waals surface area contributed by atoms with Crippen molar-refractivity contribution < 1.29 is 9.53 Å². The average Bonchev–Trinajstić information content (AvgIpc) is 2.48. The Hall–Kier alpha value is -1.59. The van der Waals surface area contributed by atoms with E-state index < -0.39 is 0 Å². The van der Waals surface area contributed by atoms with Crippen molar-refractivity contribution in [1.29, 1.82) is 0 Å². The van der Waals surface area contributed by atoms with E-state index >= 15 is 0 Å². The van der Waals surface area contributed by atoms with Crippen LogP contribution >= 0.6 is 0 Å². The maximum Gasteiger partial charge on any atom is 0.337 e. The Kier molecular flexibility index (Phi) is 5.18. The van der Waals surface area contributed by atoms with Crippen LogP contribution in [0.4, 0.5) is 5.69 Å². The third kappa shape index (κ3) is 4.22. The Bertz CT molecular complexity index is 400. The third-order valence-electron chi connectivity index (χ3n) is 3.27. The Balaban J connectivity index is 1.75. The molecule has 0 unspecified atom stereocenters. The van der Waals surface area contributed by atoms with Crippen LogP contribution < -0.4 is 10.6 Å². The lowest BCUT2D eigenvalue weighted by atomic mass is 10.2. The number of rotatable bonds is 5. The second kappa shape index (κ2) is 7.11. The zero-order chi connectivity index (χ0) is 13.5. The number of nitrogens with zero attached hydrogens (tertiary/aromatic N) is 1. The van der Waals surface area contributed by atoms with E-state index in [0.717, 1.165) is 45.0 Å². The van der Waals surface area contributed by atoms with Gasteiger partial charge in [-0.05, 0) is 24.3 Å². The van der Waals surface area contributed by atoms with Gasteiger partial charge < -0.3 is 15.4 Å². The molecule has 2 N–H and O–H groups in total. The number of methoxy groups -OCH3 is 1. The predicted octanol–water partition coefficient (Wildman–Crippen LogP) is 0.790. The molecule has 0 aliphatic carbocycles. The first kappa shape index (κ1) is 13.8. The van der Waals surface area contributed by atoms with Crippen LogP contribution in [-0.4, -0.2) is 57.2 Å². The van der Waals surface area contributed by atoms with Crippen LogP contribution in [0.5, 0.6) is 0 Å². The molecule has 1 aliphatic heterocycles. The number of anilines is 1. The van der Waals surface area contributed by atoms with E-state index in [4.69, 9.17) is 0 Å². The first-order valence-electron chi connectivity index (χ1n) is 6.65. The van der Waals surface area contributed by atoms with Gasteiger partial charge in [0.2, 0.25) is 0 Å². The van der Waals surface area contributed by atoms with Crippen LogP contribution in [0.15, 0.2) is 24.3 Å². The minimum absolute atomic E-state index is 0.299. The quantitative estimate of drug-likeness (QED) is 0.769. The van der Waals surface area contributed by atoms with Gasteiger partial charge >= 0.3 is 5.97 Å². The number of hydrogen-bond donors (Lipinski definition) is 2. The van der Waals surface area contributed by atoms with E-state index in [2.05, 4.69) is 20.3 Å². The standard InChI is InChI=1S/C14H21N3O2/c1-19-14(18)12-2-4-13(5-3-12)16-8-11-17-9-6-15-7-10-17/h2-5,15-16H,6-11H2,1H3. The lowest BCUT2D eigenvalue weighted by Gasteiger charge is -2.27. The molecule has 1 fully saturated rings. The van der Waals surface area contributed by atoms with Crippen molar-refractivity contribution in [3.05, 3.63) is 29.8 Å². The van der Waals surface area contributed by atoms with Crippen LogP contribution in [0.1, 0.15) is 10.4 Å². The fourth-order valence-corrected chi connectivity index (χ4v) is 2.14. The molecule has 0 spiro atoms. The fourth-order valence-electron chi connectivity index (χ4n) is 2.14. The molecule has 1 heterocycles. The molecular formula is C14H21N3O2. The lowest BCUT2D eigenvalue weighted by molar-refractivity contribution is 0.0601. The first-order chi connectivity index (χ1) is 9.29. The van der Waals surface area contributed by atoms with Gasteiger partial charge in [0.15, 0.2) is 0 Å². The van der Waals surface area contributed by atoms with Crippen molar-refractivity contribution in [1.82, 2.24) is 10.2 Å². The molecule has 0 bridgehead atoms. The number of carbonyl (C=O) groups is 1. The Labute approximate surface area is 113 Å². The number of piperazine rings is 1. The lowest BCUT2D eigenvalue weighted by Crippen LogP contribution is -2.45. The number of hydrogen-bond acceptors (Lipinski definition) is 5. The monoisotopic (exact) mass is 263 g/mol. The summed E-state index contributed by atoms with van der Waals surface area (Å²) >= 11 is 0. The average molecular weight is 263 g/mol. The van der Waals surface area contributed by atoms with Gasteiger partial charge in [0.1, 0.15) is 0 Å². The topological polar surface area (TPSA) is 53.6 Å². The second-order valence-corrected chi connectivity index (χ2v) is 4.59. The zero-order valence-electron chi connectivity index (χ0n) is 11.3. The number of esters is 1. The van der Waals surface area contributed by atoms with Crippen molar-refractivity contribution in [2.75, 3.05) is 51.7 Å². The second-order valence-electron chi connectivity index (χ2n) is 4.59. The van der Waals surface area contributed by atoms with Crippen LogP contribution in [0.3, 0.4) is 0 Å². The smallest absolute Gasteiger partial charge is 0.337 e. The highest BCUT2D eigenvalue weighted by atomic mass is 16.5. The third-order valence-corrected chi connectivity index (χ3v) is 3.27. The van der Waals surface area contributed by atoms with Gasteiger partial charge in [-0.3, -0.25) is 4.90 Å². The van der Waals surface area contributed by atoms with Crippen LogP contribution in [0.25, 0.3) is 0 Å². The molecule has 1 aromatic carbocycles.